The Morgan fingerprint density at radius 1 is 1.05 bits per heavy atom. The van der Waals surface area contributed by atoms with Crippen LogP contribution in [0.5, 0.6) is 0 Å². The third-order valence-corrected chi connectivity index (χ3v) is 11.8. The Balaban J connectivity index is 1.52. The molecule has 0 unspecified atom stereocenters. The number of carbonyl (C=O) groups excluding carboxylic acids is 2. The molecular formula is C40H44FN7O8S. The van der Waals surface area contributed by atoms with Gasteiger partial charge in [0.25, 0.3) is 10.0 Å². The third kappa shape index (κ3) is 7.32. The van der Waals surface area contributed by atoms with E-state index in [9.17, 15) is 27.9 Å². The number of esters is 1. The van der Waals surface area contributed by atoms with E-state index in [4.69, 9.17) is 9.47 Å². The average Bonchev–Trinajstić information content (AvgIpc) is 3.87. The normalized spacial score (nSPS) is 17.4. The summed E-state index contributed by atoms with van der Waals surface area (Å²) in [5, 5.41) is 18.1. The Bertz CT molecular complexity index is 2680. The van der Waals surface area contributed by atoms with Crippen LogP contribution in [0.25, 0.3) is 44.5 Å². The number of aromatic nitrogens is 6. The first-order valence-electron chi connectivity index (χ1n) is 18.6. The highest BCUT2D eigenvalue weighted by Crippen LogP contribution is 2.46. The van der Waals surface area contributed by atoms with E-state index in [1.165, 1.54) is 45.4 Å². The molecule has 300 valence electrons. The third-order valence-electron chi connectivity index (χ3n) is 10.0. The van der Waals surface area contributed by atoms with Crippen molar-refractivity contribution in [2.75, 3.05) is 6.61 Å². The predicted octanol–water partition coefficient (Wildman–Crippen LogP) is 5.22. The maximum Gasteiger partial charge on any atom is 0.407 e. The summed E-state index contributed by atoms with van der Waals surface area (Å²) in [6.07, 6.45) is 1.75. The van der Waals surface area contributed by atoms with Crippen LogP contribution < -0.4 is 11.0 Å². The van der Waals surface area contributed by atoms with Crippen LogP contribution in [0.1, 0.15) is 58.6 Å². The van der Waals surface area contributed by atoms with Crippen molar-refractivity contribution >= 4 is 44.2 Å². The fourth-order valence-electron chi connectivity index (χ4n) is 7.59. The van der Waals surface area contributed by atoms with Crippen molar-refractivity contribution in [3.63, 3.8) is 0 Å². The largest absolute Gasteiger partial charge is 0.466 e. The molecule has 0 aliphatic heterocycles. The van der Waals surface area contributed by atoms with Crippen molar-refractivity contribution in [3.8, 4) is 22.4 Å². The fourth-order valence-corrected chi connectivity index (χ4v) is 9.10. The topological polar surface area (TPSA) is 182 Å². The van der Waals surface area contributed by atoms with Crippen LogP contribution in [0.3, 0.4) is 0 Å². The van der Waals surface area contributed by atoms with Crippen molar-refractivity contribution in [3.05, 3.63) is 89.0 Å². The number of imidazole rings is 1. The Labute approximate surface area is 327 Å². The predicted molar refractivity (Wildman–Crippen MR) is 209 cm³/mol. The van der Waals surface area contributed by atoms with Gasteiger partial charge in [-0.2, -0.15) is 4.39 Å². The minimum atomic E-state index is -4.52. The van der Waals surface area contributed by atoms with Gasteiger partial charge in [-0.3, -0.25) is 18.6 Å². The van der Waals surface area contributed by atoms with Crippen molar-refractivity contribution in [2.45, 2.75) is 82.1 Å². The van der Waals surface area contributed by atoms with E-state index in [0.29, 0.717) is 23.0 Å². The molecule has 1 aliphatic rings. The molecule has 0 bridgehead atoms. The van der Waals surface area contributed by atoms with E-state index in [0.717, 1.165) is 9.54 Å². The van der Waals surface area contributed by atoms with Crippen LogP contribution in [0, 0.1) is 5.95 Å². The molecule has 0 radical (unpaired) electrons. The van der Waals surface area contributed by atoms with E-state index in [1.807, 2.05) is 0 Å². The van der Waals surface area contributed by atoms with Gasteiger partial charge in [0.2, 0.25) is 5.95 Å². The maximum absolute atomic E-state index is 16.1. The summed E-state index contributed by atoms with van der Waals surface area (Å²) in [5.74, 6) is -1.28. The number of ether oxygens (including phenoxy) is 2. The molecule has 3 atom stereocenters. The quantitative estimate of drug-likeness (QED) is 0.174. The summed E-state index contributed by atoms with van der Waals surface area (Å²) in [7, 11) is -1.44. The van der Waals surface area contributed by atoms with Gasteiger partial charge >= 0.3 is 17.8 Å². The van der Waals surface area contributed by atoms with Crippen LogP contribution in [-0.4, -0.2) is 77.8 Å². The van der Waals surface area contributed by atoms with E-state index in [1.54, 1.807) is 77.2 Å². The summed E-state index contributed by atoms with van der Waals surface area (Å²) in [6.45, 7) is 7.16. The van der Waals surface area contributed by atoms with E-state index in [-0.39, 0.29) is 64.6 Å². The Hall–Kier alpha value is -5.81. The number of rotatable bonds is 10. The Morgan fingerprint density at radius 2 is 1.75 bits per heavy atom. The highest BCUT2D eigenvalue weighted by molar-refractivity contribution is 7.90. The molecule has 1 saturated carbocycles. The molecule has 0 spiro atoms. The molecule has 1 aliphatic carbocycles. The number of alkyl carbamates (subject to hydrolysis) is 1. The molecule has 2 N–H and O–H groups in total. The number of aliphatic hydroxyl groups is 1. The first kappa shape index (κ1) is 39.4. The van der Waals surface area contributed by atoms with Gasteiger partial charge in [0.05, 0.1) is 57.5 Å². The van der Waals surface area contributed by atoms with Gasteiger partial charge in [0.15, 0.2) is 5.65 Å². The second kappa shape index (κ2) is 14.9. The highest BCUT2D eigenvalue weighted by Gasteiger charge is 2.40. The summed E-state index contributed by atoms with van der Waals surface area (Å²) in [6, 6.07) is 13.3. The molecule has 6 aromatic rings. The van der Waals surface area contributed by atoms with E-state index >= 15 is 4.39 Å². The number of aliphatic hydroxyl groups excluding tert-OH is 1. The number of hydrogen-bond acceptors (Lipinski definition) is 10. The fraction of sp³-hybridized carbons (Fsp3) is 0.375. The minimum absolute atomic E-state index is 0.0703. The van der Waals surface area contributed by atoms with Crippen LogP contribution in [0.4, 0.5) is 9.18 Å². The Morgan fingerprint density at radius 3 is 2.39 bits per heavy atom. The molecule has 15 nitrogen and oxygen atoms in total. The highest BCUT2D eigenvalue weighted by atomic mass is 32.2. The molecule has 17 heteroatoms. The van der Waals surface area contributed by atoms with Gasteiger partial charge in [-0.1, -0.05) is 42.5 Å². The second-order valence-electron chi connectivity index (χ2n) is 15.2. The zero-order valence-corrected chi connectivity index (χ0v) is 33.2. The summed E-state index contributed by atoms with van der Waals surface area (Å²) < 4.78 is 61.4. The standard InChI is InChI=1S/C40H44FN7O8S/c1-7-55-31(50)18-15-23-13-16-24(17-14-23)32-33-35-29(46(6)39(52)47(35)25-19-28(30(49)20-25)43-38(51)56-40(2,3)4)21-42-37(33)48(34(32)27-22-45(5)44-36(27)41)57(53,54)26-11-9-8-10-12-26/h8-14,16-17,21-22,25,28,30,49H,7,15,18-20H2,1-6H3,(H,43,51)/t25-,28-,30+/m0/s1. The van der Waals surface area contributed by atoms with Crippen LogP contribution >= 0.6 is 0 Å². The molecule has 2 aromatic carbocycles. The lowest BCUT2D eigenvalue weighted by atomic mass is 9.97. The van der Waals surface area contributed by atoms with Crippen LogP contribution in [-0.2, 0) is 44.8 Å². The zero-order chi connectivity index (χ0) is 41.0. The number of fused-ring (bicyclic) bond motifs is 3. The van der Waals surface area contributed by atoms with Gasteiger partial charge in [0.1, 0.15) is 5.60 Å². The van der Waals surface area contributed by atoms with E-state index in [2.05, 4.69) is 15.4 Å². The van der Waals surface area contributed by atoms with Gasteiger partial charge in [-0.05, 0) is 70.2 Å². The number of nitrogens with one attached hydrogen (secondary N) is 1. The lowest BCUT2D eigenvalue weighted by Gasteiger charge is -2.23. The summed E-state index contributed by atoms with van der Waals surface area (Å²) in [4.78, 5) is 43.8. The van der Waals surface area contributed by atoms with Crippen molar-refractivity contribution in [1.82, 2.24) is 33.2 Å². The lowest BCUT2D eigenvalue weighted by molar-refractivity contribution is -0.143. The first-order valence-corrected chi connectivity index (χ1v) is 20.0. The zero-order valence-electron chi connectivity index (χ0n) is 32.4. The smallest absolute Gasteiger partial charge is 0.407 e. The minimum Gasteiger partial charge on any atom is -0.466 e. The van der Waals surface area contributed by atoms with Crippen molar-refractivity contribution in [2.24, 2.45) is 14.1 Å². The molecule has 4 heterocycles. The van der Waals surface area contributed by atoms with Gasteiger partial charge in [0, 0.05) is 38.3 Å². The number of nitrogens with zero attached hydrogens (tertiary/aromatic N) is 6. The summed E-state index contributed by atoms with van der Waals surface area (Å²) >= 11 is 0. The number of hydrogen-bond donors (Lipinski definition) is 2. The van der Waals surface area contributed by atoms with E-state index < -0.39 is 51.5 Å². The number of amides is 1. The number of pyridine rings is 1. The molecule has 57 heavy (non-hydrogen) atoms. The van der Waals surface area contributed by atoms with Gasteiger partial charge in [-0.15, -0.1) is 5.10 Å². The lowest BCUT2D eigenvalue weighted by Crippen LogP contribution is -2.42. The second-order valence-corrected chi connectivity index (χ2v) is 16.9. The monoisotopic (exact) mass is 801 g/mol. The SMILES string of the molecule is CCOC(=O)CCc1ccc(-c2c(-c3cn(C)nc3F)n(S(=O)(=O)c3ccccc3)c3ncc4c(c23)n([C@@H]2C[C@@H](O)[C@@H](NC(=O)OC(C)(C)C)C2)c(=O)n4C)cc1. The Kier molecular flexibility index (Phi) is 10.3. The molecule has 0 saturated heterocycles. The number of aryl methyl sites for hydroxylation is 3. The first-order chi connectivity index (χ1) is 27.0. The van der Waals surface area contributed by atoms with Crippen molar-refractivity contribution < 1.29 is 37.0 Å². The molecule has 1 fully saturated rings. The number of halogens is 1. The summed E-state index contributed by atoms with van der Waals surface area (Å²) in [5.41, 5.74) is 0.638. The average molecular weight is 802 g/mol. The van der Waals surface area contributed by atoms with Gasteiger partial charge < -0.3 is 19.9 Å². The van der Waals surface area contributed by atoms with Crippen LogP contribution in [0.15, 0.2) is 76.7 Å². The van der Waals surface area contributed by atoms with Crippen LogP contribution in [0.2, 0.25) is 0 Å². The molecule has 7 rings (SSSR count). The number of carbonyl (C=O) groups is 2. The molecule has 4 aromatic heterocycles. The number of benzene rings is 2. The molecule has 1 amide bonds. The maximum atomic E-state index is 16.1. The van der Waals surface area contributed by atoms with Crippen molar-refractivity contribution in [1.29, 1.82) is 0 Å². The van der Waals surface area contributed by atoms with Gasteiger partial charge in [-0.25, -0.2) is 27.0 Å². The molecular weight excluding hydrogens is 758 g/mol.